The summed E-state index contributed by atoms with van der Waals surface area (Å²) in [5, 5.41) is 0. The molecule has 2 aromatic rings. The summed E-state index contributed by atoms with van der Waals surface area (Å²) in [7, 11) is 0. The lowest BCUT2D eigenvalue weighted by molar-refractivity contribution is -0.132. The van der Waals surface area contributed by atoms with Gasteiger partial charge in [-0.3, -0.25) is 25.2 Å². The molecule has 0 bridgehead atoms. The van der Waals surface area contributed by atoms with E-state index in [2.05, 4.69) is 10.9 Å². The van der Waals surface area contributed by atoms with Crippen LogP contribution in [0.25, 0.3) is 11.1 Å². The number of likely N-dealkylation sites (tertiary alicyclic amines) is 1. The first-order valence-electron chi connectivity index (χ1n) is 10.8. The fourth-order valence-electron chi connectivity index (χ4n) is 4.34. The van der Waals surface area contributed by atoms with Crippen LogP contribution in [-0.2, 0) is 14.4 Å². The van der Waals surface area contributed by atoms with Gasteiger partial charge in [-0.1, -0.05) is 61.4 Å². The van der Waals surface area contributed by atoms with Gasteiger partial charge in [0.05, 0.1) is 5.92 Å². The van der Waals surface area contributed by atoms with E-state index >= 15 is 0 Å². The van der Waals surface area contributed by atoms with Crippen LogP contribution in [0.4, 0.5) is 0 Å². The molecular weight excluding hydrogens is 394 g/mol. The molecule has 2 fully saturated rings. The minimum atomic E-state index is -0.465. The zero-order valence-electron chi connectivity index (χ0n) is 17.4. The van der Waals surface area contributed by atoms with E-state index in [-0.39, 0.29) is 30.9 Å². The number of hydrazine groups is 1. The number of carbonyl (C=O) groups excluding carboxylic acids is 3. The average Bonchev–Trinajstić information content (AvgIpc) is 3.46. The van der Waals surface area contributed by atoms with Gasteiger partial charge in [0.25, 0.3) is 5.91 Å². The second-order valence-electron chi connectivity index (χ2n) is 8.07. The zero-order chi connectivity index (χ0) is 21.6. The smallest absolute Gasteiger partial charge is 0.276 e. The van der Waals surface area contributed by atoms with E-state index in [1.807, 2.05) is 53.4 Å². The predicted octanol–water partition coefficient (Wildman–Crippen LogP) is 2.67. The summed E-state index contributed by atoms with van der Waals surface area (Å²) >= 11 is 0. The van der Waals surface area contributed by atoms with Crippen LogP contribution in [0.5, 0.6) is 5.75 Å². The molecule has 2 N–H and O–H groups in total. The molecule has 2 aliphatic rings. The second kappa shape index (κ2) is 9.64. The van der Waals surface area contributed by atoms with E-state index in [1.54, 1.807) is 6.07 Å². The minimum absolute atomic E-state index is 0.0271. The molecule has 162 valence electrons. The van der Waals surface area contributed by atoms with Crippen molar-refractivity contribution in [1.29, 1.82) is 0 Å². The summed E-state index contributed by atoms with van der Waals surface area (Å²) < 4.78 is 5.69. The van der Waals surface area contributed by atoms with E-state index < -0.39 is 11.8 Å². The Balaban J connectivity index is 1.26. The van der Waals surface area contributed by atoms with Gasteiger partial charge < -0.3 is 9.64 Å². The molecule has 7 nitrogen and oxygen atoms in total. The Hall–Kier alpha value is -3.35. The molecule has 2 aromatic carbocycles. The monoisotopic (exact) mass is 421 g/mol. The number of hydrogen-bond donors (Lipinski definition) is 2. The van der Waals surface area contributed by atoms with E-state index in [1.165, 1.54) is 0 Å². The van der Waals surface area contributed by atoms with Crippen molar-refractivity contribution in [3.63, 3.8) is 0 Å². The summed E-state index contributed by atoms with van der Waals surface area (Å²) in [6.45, 7) is 0.189. The van der Waals surface area contributed by atoms with E-state index in [9.17, 15) is 14.4 Å². The maximum absolute atomic E-state index is 12.4. The van der Waals surface area contributed by atoms with Gasteiger partial charge in [0.2, 0.25) is 11.8 Å². The number of nitrogens with zero attached hydrogens (tertiary/aromatic N) is 1. The Morgan fingerprint density at radius 3 is 2.45 bits per heavy atom. The Kier molecular flexibility index (Phi) is 6.50. The van der Waals surface area contributed by atoms with Crippen LogP contribution in [0, 0.1) is 5.92 Å². The number of para-hydroxylation sites is 1. The van der Waals surface area contributed by atoms with Crippen LogP contribution in [-0.4, -0.2) is 41.8 Å². The van der Waals surface area contributed by atoms with E-state index in [4.69, 9.17) is 4.74 Å². The van der Waals surface area contributed by atoms with Crippen molar-refractivity contribution in [2.75, 3.05) is 13.2 Å². The van der Waals surface area contributed by atoms with Crippen LogP contribution in [0.15, 0.2) is 54.6 Å². The van der Waals surface area contributed by atoms with Gasteiger partial charge in [-0.2, -0.15) is 0 Å². The van der Waals surface area contributed by atoms with Crippen LogP contribution in [0.2, 0.25) is 0 Å². The molecule has 0 aromatic heterocycles. The standard InChI is InChI=1S/C24H27N3O4/c28-22(16-31-21-13-7-6-12-20(21)17-8-2-1-3-9-17)25-26-24(30)18-14-23(29)27(15-18)19-10-4-5-11-19/h1-3,6-9,12-13,18-19H,4-5,10-11,14-16H2,(H,25,28)(H,26,30). The summed E-state index contributed by atoms with van der Waals surface area (Å²) in [6, 6.07) is 17.5. The molecule has 31 heavy (non-hydrogen) atoms. The lowest BCUT2D eigenvalue weighted by Crippen LogP contribution is -2.47. The maximum Gasteiger partial charge on any atom is 0.276 e. The average molecular weight is 421 g/mol. The van der Waals surface area contributed by atoms with Crippen molar-refractivity contribution < 1.29 is 19.1 Å². The van der Waals surface area contributed by atoms with Crippen LogP contribution in [0.3, 0.4) is 0 Å². The highest BCUT2D eigenvalue weighted by atomic mass is 16.5. The van der Waals surface area contributed by atoms with Crippen molar-refractivity contribution in [2.45, 2.75) is 38.1 Å². The van der Waals surface area contributed by atoms with E-state index in [0.717, 1.165) is 36.8 Å². The molecule has 0 spiro atoms. The van der Waals surface area contributed by atoms with Gasteiger partial charge in [0.15, 0.2) is 6.61 Å². The highest BCUT2D eigenvalue weighted by Gasteiger charge is 2.38. The molecule has 1 aliphatic carbocycles. The number of nitrogens with one attached hydrogen (secondary N) is 2. The maximum atomic E-state index is 12.4. The Labute approximate surface area is 181 Å². The number of amides is 3. The summed E-state index contributed by atoms with van der Waals surface area (Å²) in [5.74, 6) is -0.629. The van der Waals surface area contributed by atoms with Crippen molar-refractivity contribution in [2.24, 2.45) is 5.92 Å². The molecule has 4 rings (SSSR count). The molecule has 1 saturated carbocycles. The predicted molar refractivity (Wildman–Crippen MR) is 116 cm³/mol. The van der Waals surface area contributed by atoms with Gasteiger partial charge in [0, 0.05) is 24.6 Å². The third-order valence-electron chi connectivity index (χ3n) is 5.95. The molecule has 1 saturated heterocycles. The van der Waals surface area contributed by atoms with E-state index in [0.29, 0.717) is 12.3 Å². The van der Waals surface area contributed by atoms with Crippen LogP contribution < -0.4 is 15.6 Å². The van der Waals surface area contributed by atoms with Gasteiger partial charge in [-0.05, 0) is 24.5 Å². The minimum Gasteiger partial charge on any atom is -0.483 e. The lowest BCUT2D eigenvalue weighted by atomic mass is 10.1. The summed E-state index contributed by atoms with van der Waals surface area (Å²) in [4.78, 5) is 38.7. The number of ether oxygens (including phenoxy) is 1. The first kappa shape index (κ1) is 20.9. The lowest BCUT2D eigenvalue weighted by Gasteiger charge is -2.23. The van der Waals surface area contributed by atoms with Gasteiger partial charge in [0.1, 0.15) is 5.75 Å². The Bertz CT molecular complexity index is 941. The van der Waals surface area contributed by atoms with Crippen molar-refractivity contribution in [1.82, 2.24) is 15.8 Å². The van der Waals surface area contributed by atoms with Gasteiger partial charge in [-0.15, -0.1) is 0 Å². The van der Waals surface area contributed by atoms with Gasteiger partial charge >= 0.3 is 0 Å². The normalized spacial score (nSPS) is 18.8. The highest BCUT2D eigenvalue weighted by molar-refractivity contribution is 5.90. The fourth-order valence-corrected chi connectivity index (χ4v) is 4.34. The van der Waals surface area contributed by atoms with Gasteiger partial charge in [-0.25, -0.2) is 0 Å². The molecule has 1 unspecified atom stereocenters. The SMILES string of the molecule is O=C(COc1ccccc1-c1ccccc1)NNC(=O)C1CC(=O)N(C2CCCC2)C1. The van der Waals surface area contributed by atoms with Crippen molar-refractivity contribution in [3.05, 3.63) is 54.6 Å². The number of hydrogen-bond acceptors (Lipinski definition) is 4. The molecule has 1 heterocycles. The Morgan fingerprint density at radius 1 is 0.968 bits per heavy atom. The van der Waals surface area contributed by atoms with Crippen molar-refractivity contribution >= 4 is 17.7 Å². The second-order valence-corrected chi connectivity index (χ2v) is 8.07. The molecule has 0 radical (unpaired) electrons. The number of carbonyl (C=O) groups is 3. The molecule has 1 aliphatic heterocycles. The number of benzene rings is 2. The molecule has 7 heteroatoms. The quantitative estimate of drug-likeness (QED) is 0.702. The number of rotatable bonds is 6. The Morgan fingerprint density at radius 2 is 1.68 bits per heavy atom. The topological polar surface area (TPSA) is 87.7 Å². The first-order valence-corrected chi connectivity index (χ1v) is 10.8. The molecular formula is C24H27N3O4. The largest absolute Gasteiger partial charge is 0.483 e. The van der Waals surface area contributed by atoms with Crippen LogP contribution >= 0.6 is 0 Å². The third kappa shape index (κ3) is 5.05. The first-order chi connectivity index (χ1) is 15.1. The molecule has 1 atom stereocenters. The van der Waals surface area contributed by atoms with Crippen molar-refractivity contribution in [3.8, 4) is 16.9 Å². The molecule has 3 amide bonds. The zero-order valence-corrected chi connectivity index (χ0v) is 17.4. The summed E-state index contributed by atoms with van der Waals surface area (Å²) in [6.07, 6.45) is 4.49. The summed E-state index contributed by atoms with van der Waals surface area (Å²) in [5.41, 5.74) is 6.71. The third-order valence-corrected chi connectivity index (χ3v) is 5.95. The highest BCUT2D eigenvalue weighted by Crippen LogP contribution is 2.30. The fraction of sp³-hybridized carbons (Fsp3) is 0.375. The van der Waals surface area contributed by atoms with Crippen LogP contribution in [0.1, 0.15) is 32.1 Å².